The van der Waals surface area contributed by atoms with Gasteiger partial charge in [-0.1, -0.05) is 45.1 Å². The monoisotopic (exact) mass is 541 g/mol. The van der Waals surface area contributed by atoms with Gasteiger partial charge in [-0.2, -0.15) is 0 Å². The van der Waals surface area contributed by atoms with Gasteiger partial charge in [0.15, 0.2) is 23.0 Å². The molecule has 0 saturated carbocycles. The van der Waals surface area contributed by atoms with E-state index < -0.39 is 10.0 Å². The molecule has 3 aromatic carbocycles. The van der Waals surface area contributed by atoms with Crippen molar-refractivity contribution in [2.45, 2.75) is 31.1 Å². The number of benzene rings is 3. The first-order valence-corrected chi connectivity index (χ1v) is 13.3. The van der Waals surface area contributed by atoms with Crippen LogP contribution in [0.15, 0.2) is 53.4 Å². The fourth-order valence-electron chi connectivity index (χ4n) is 3.84. The average Bonchev–Trinajstić information content (AvgIpc) is 2.90. The molecule has 0 aromatic heterocycles. The van der Waals surface area contributed by atoms with Crippen LogP contribution < -0.4 is 28.4 Å². The van der Waals surface area contributed by atoms with E-state index in [4.69, 9.17) is 23.7 Å². The van der Waals surface area contributed by atoms with Gasteiger partial charge in [0.05, 0.1) is 46.1 Å². The molecule has 9 heteroatoms. The summed E-state index contributed by atoms with van der Waals surface area (Å²) in [7, 11) is 3.74. The molecule has 0 aliphatic rings. The summed E-state index contributed by atoms with van der Waals surface area (Å²) >= 11 is 0. The lowest BCUT2D eigenvalue weighted by atomic mass is 9.87. The van der Waals surface area contributed by atoms with Crippen molar-refractivity contribution in [2.24, 2.45) is 0 Å². The Morgan fingerprint density at radius 3 is 1.68 bits per heavy atom. The number of hydrogen-bond acceptors (Lipinski definition) is 7. The van der Waals surface area contributed by atoms with E-state index >= 15 is 0 Å². The standard InChI is InChI=1S/C29H35NO7S/c1-29(2,3)21-11-13-22(14-12-21)38(31,32)30-23-18-25(34-5)24(33-4)17-20(23)10-9-19-15-26(35-6)28(37-8)27(16-19)36-7/h9-18,30H,1-8H3/b10-9-. The second-order valence-corrected chi connectivity index (χ2v) is 11.1. The number of anilines is 1. The molecule has 8 nitrogen and oxygen atoms in total. The summed E-state index contributed by atoms with van der Waals surface area (Å²) in [6, 6.07) is 13.7. The van der Waals surface area contributed by atoms with Crippen LogP contribution in [0.25, 0.3) is 12.2 Å². The first-order chi connectivity index (χ1) is 18.0. The van der Waals surface area contributed by atoms with Gasteiger partial charge in [0.1, 0.15) is 0 Å². The lowest BCUT2D eigenvalue weighted by Gasteiger charge is -2.19. The Labute approximate surface area is 225 Å². The molecule has 0 saturated heterocycles. The molecular weight excluding hydrogens is 506 g/mol. The van der Waals surface area contributed by atoms with Gasteiger partial charge in [-0.25, -0.2) is 8.42 Å². The largest absolute Gasteiger partial charge is 0.493 e. The minimum atomic E-state index is -3.89. The van der Waals surface area contributed by atoms with Crippen molar-refractivity contribution in [3.63, 3.8) is 0 Å². The highest BCUT2D eigenvalue weighted by atomic mass is 32.2. The fourth-order valence-corrected chi connectivity index (χ4v) is 4.92. The van der Waals surface area contributed by atoms with Gasteiger partial charge in [0.2, 0.25) is 5.75 Å². The zero-order chi connectivity index (χ0) is 28.1. The third kappa shape index (κ3) is 6.34. The summed E-state index contributed by atoms with van der Waals surface area (Å²) in [5, 5.41) is 0. The molecule has 0 aliphatic heterocycles. The van der Waals surface area contributed by atoms with Crippen LogP contribution in [0, 0.1) is 0 Å². The van der Waals surface area contributed by atoms with Crippen LogP contribution in [-0.2, 0) is 15.4 Å². The van der Waals surface area contributed by atoms with Crippen LogP contribution in [0.2, 0.25) is 0 Å². The van der Waals surface area contributed by atoms with E-state index in [1.807, 2.05) is 18.2 Å². The predicted octanol–water partition coefficient (Wildman–Crippen LogP) is 6.00. The molecule has 0 radical (unpaired) electrons. The number of methoxy groups -OCH3 is 5. The number of sulfonamides is 1. The summed E-state index contributed by atoms with van der Waals surface area (Å²) in [6.45, 7) is 6.22. The van der Waals surface area contributed by atoms with Crippen molar-refractivity contribution in [3.8, 4) is 28.7 Å². The van der Waals surface area contributed by atoms with E-state index in [-0.39, 0.29) is 10.3 Å². The van der Waals surface area contributed by atoms with E-state index in [1.54, 1.807) is 56.7 Å². The average molecular weight is 542 g/mol. The summed E-state index contributed by atoms with van der Waals surface area (Å²) in [5.41, 5.74) is 2.58. The van der Waals surface area contributed by atoms with Crippen molar-refractivity contribution >= 4 is 27.9 Å². The topological polar surface area (TPSA) is 92.3 Å². The zero-order valence-corrected chi connectivity index (χ0v) is 23.9. The predicted molar refractivity (Wildman–Crippen MR) is 151 cm³/mol. The summed E-state index contributed by atoms with van der Waals surface area (Å²) in [6.07, 6.45) is 3.57. The van der Waals surface area contributed by atoms with E-state index in [9.17, 15) is 8.42 Å². The Morgan fingerprint density at radius 2 is 1.21 bits per heavy atom. The van der Waals surface area contributed by atoms with Gasteiger partial charge in [-0.15, -0.1) is 0 Å². The number of nitrogens with one attached hydrogen (secondary N) is 1. The molecule has 0 bridgehead atoms. The van der Waals surface area contributed by atoms with Gasteiger partial charge in [0.25, 0.3) is 10.0 Å². The minimum Gasteiger partial charge on any atom is -0.493 e. The van der Waals surface area contributed by atoms with Crippen molar-refractivity contribution in [2.75, 3.05) is 40.3 Å². The molecule has 3 rings (SSSR count). The van der Waals surface area contributed by atoms with Crippen molar-refractivity contribution in [1.29, 1.82) is 0 Å². The Bertz CT molecular complexity index is 1380. The number of hydrogen-bond donors (Lipinski definition) is 1. The first kappa shape index (κ1) is 28.7. The maximum atomic E-state index is 13.3. The van der Waals surface area contributed by atoms with Crippen LogP contribution >= 0.6 is 0 Å². The van der Waals surface area contributed by atoms with Crippen LogP contribution in [0.4, 0.5) is 5.69 Å². The van der Waals surface area contributed by atoms with Gasteiger partial charge < -0.3 is 23.7 Å². The molecule has 0 heterocycles. The maximum absolute atomic E-state index is 13.3. The van der Waals surface area contributed by atoms with Crippen LogP contribution in [0.5, 0.6) is 28.7 Å². The van der Waals surface area contributed by atoms with Crippen LogP contribution in [-0.4, -0.2) is 44.0 Å². The van der Waals surface area contributed by atoms with Gasteiger partial charge in [-0.3, -0.25) is 4.72 Å². The third-order valence-corrected chi connectivity index (χ3v) is 7.35. The van der Waals surface area contributed by atoms with Gasteiger partial charge in [0, 0.05) is 11.6 Å². The fraction of sp³-hybridized carbons (Fsp3) is 0.310. The molecule has 0 amide bonds. The van der Waals surface area contributed by atoms with Crippen LogP contribution in [0.1, 0.15) is 37.5 Å². The molecule has 1 N–H and O–H groups in total. The molecule has 204 valence electrons. The summed E-state index contributed by atoms with van der Waals surface area (Å²) in [4.78, 5) is 0.153. The van der Waals surface area contributed by atoms with Crippen LogP contribution in [0.3, 0.4) is 0 Å². The smallest absolute Gasteiger partial charge is 0.261 e. The number of ether oxygens (including phenoxy) is 5. The Hall–Kier alpha value is -3.85. The van der Waals surface area contributed by atoms with E-state index in [2.05, 4.69) is 25.5 Å². The summed E-state index contributed by atoms with van der Waals surface area (Å²) < 4.78 is 56.5. The molecular formula is C29H35NO7S. The SMILES string of the molecule is COc1cc(/C=C\c2cc(OC)c(OC)c(OC)c2)c(NS(=O)(=O)c2ccc(C(C)(C)C)cc2)cc1OC. The van der Waals surface area contributed by atoms with Gasteiger partial charge >= 0.3 is 0 Å². The van der Waals surface area contributed by atoms with Gasteiger partial charge in [-0.05, 0) is 46.9 Å². The van der Waals surface area contributed by atoms with E-state index in [1.165, 1.54) is 21.3 Å². The Balaban J connectivity index is 2.06. The highest BCUT2D eigenvalue weighted by molar-refractivity contribution is 7.92. The highest BCUT2D eigenvalue weighted by Gasteiger charge is 2.20. The van der Waals surface area contributed by atoms with E-state index in [0.717, 1.165) is 11.1 Å². The Kier molecular flexibility index (Phi) is 8.83. The molecule has 38 heavy (non-hydrogen) atoms. The third-order valence-electron chi connectivity index (χ3n) is 5.97. The molecule has 3 aromatic rings. The molecule has 0 atom stereocenters. The lowest BCUT2D eigenvalue weighted by molar-refractivity contribution is 0.324. The second-order valence-electron chi connectivity index (χ2n) is 9.47. The van der Waals surface area contributed by atoms with E-state index in [0.29, 0.717) is 40.0 Å². The zero-order valence-electron chi connectivity index (χ0n) is 23.0. The van der Waals surface area contributed by atoms with Crippen molar-refractivity contribution in [1.82, 2.24) is 0 Å². The maximum Gasteiger partial charge on any atom is 0.261 e. The minimum absolute atomic E-state index is 0.0934. The first-order valence-electron chi connectivity index (χ1n) is 11.8. The number of rotatable bonds is 10. The Morgan fingerprint density at radius 1 is 0.684 bits per heavy atom. The summed E-state index contributed by atoms with van der Waals surface area (Å²) in [5.74, 6) is 2.31. The normalized spacial score (nSPS) is 11.8. The molecule has 0 unspecified atom stereocenters. The molecule has 0 aliphatic carbocycles. The quantitative estimate of drug-likeness (QED) is 0.315. The second kappa shape index (κ2) is 11.7. The molecule has 0 fully saturated rings. The lowest BCUT2D eigenvalue weighted by Crippen LogP contribution is -2.15. The van der Waals surface area contributed by atoms with Crippen molar-refractivity contribution < 1.29 is 32.1 Å². The van der Waals surface area contributed by atoms with Crippen molar-refractivity contribution in [3.05, 3.63) is 65.2 Å². The highest BCUT2D eigenvalue weighted by Crippen LogP contribution is 2.39. The molecule has 0 spiro atoms.